The Morgan fingerprint density at radius 2 is 2.25 bits per heavy atom. The first kappa shape index (κ1) is 11.0. The quantitative estimate of drug-likeness (QED) is 0.805. The number of hydrogen-bond acceptors (Lipinski definition) is 3. The molecule has 0 radical (unpaired) electrons. The van der Waals surface area contributed by atoms with Crippen LogP contribution in [0.5, 0.6) is 0 Å². The van der Waals surface area contributed by atoms with Crippen LogP contribution in [-0.4, -0.2) is 21.3 Å². The fourth-order valence-corrected chi connectivity index (χ4v) is 1.74. The Labute approximate surface area is 94.9 Å². The SMILES string of the molecule is O=c1c2c(F)cccc2nc(Cl)n1CCO. The van der Waals surface area contributed by atoms with E-state index in [2.05, 4.69) is 4.98 Å². The Hall–Kier alpha value is -1.46. The highest BCUT2D eigenvalue weighted by Crippen LogP contribution is 2.14. The molecule has 0 unspecified atom stereocenters. The van der Waals surface area contributed by atoms with Crippen LogP contribution in [0.15, 0.2) is 23.0 Å². The second kappa shape index (κ2) is 4.19. The molecule has 0 aliphatic carbocycles. The molecule has 4 nitrogen and oxygen atoms in total. The standard InChI is InChI=1S/C10H8ClFN2O2/c11-10-13-7-3-1-2-6(12)8(7)9(16)14(10)4-5-15/h1-3,15H,4-5H2. The number of hydrogen-bond donors (Lipinski definition) is 1. The number of nitrogens with zero attached hydrogens (tertiary/aromatic N) is 2. The van der Waals surface area contributed by atoms with Crippen molar-refractivity contribution in [3.05, 3.63) is 39.7 Å². The number of benzene rings is 1. The first-order valence-corrected chi connectivity index (χ1v) is 4.98. The maximum atomic E-state index is 13.4. The zero-order chi connectivity index (χ0) is 11.7. The molecule has 0 bridgehead atoms. The maximum Gasteiger partial charge on any atom is 0.265 e. The first-order chi connectivity index (χ1) is 7.65. The van der Waals surface area contributed by atoms with E-state index in [-0.39, 0.29) is 29.3 Å². The average Bonchev–Trinajstić information content (AvgIpc) is 2.24. The number of aromatic nitrogens is 2. The fraction of sp³-hybridized carbons (Fsp3) is 0.200. The molecule has 0 saturated heterocycles. The van der Waals surface area contributed by atoms with Crippen molar-refractivity contribution in [1.29, 1.82) is 0 Å². The van der Waals surface area contributed by atoms with E-state index < -0.39 is 11.4 Å². The van der Waals surface area contributed by atoms with Crippen LogP contribution >= 0.6 is 11.6 Å². The van der Waals surface area contributed by atoms with E-state index in [4.69, 9.17) is 16.7 Å². The predicted octanol–water partition coefficient (Wildman–Crippen LogP) is 1.18. The van der Waals surface area contributed by atoms with Crippen LogP contribution in [0.1, 0.15) is 0 Å². The van der Waals surface area contributed by atoms with Crippen LogP contribution in [0.2, 0.25) is 5.28 Å². The molecule has 0 aliphatic heterocycles. The molecule has 1 N–H and O–H groups in total. The summed E-state index contributed by atoms with van der Waals surface area (Å²) in [5.41, 5.74) is -0.369. The molecule has 0 amide bonds. The van der Waals surface area contributed by atoms with Gasteiger partial charge in [-0.2, -0.15) is 0 Å². The molecule has 0 fully saturated rings. The van der Waals surface area contributed by atoms with Crippen molar-refractivity contribution < 1.29 is 9.50 Å². The molecule has 2 aromatic rings. The van der Waals surface area contributed by atoms with E-state index in [9.17, 15) is 9.18 Å². The van der Waals surface area contributed by atoms with E-state index in [1.807, 2.05) is 0 Å². The number of rotatable bonds is 2. The highest BCUT2D eigenvalue weighted by molar-refractivity contribution is 6.28. The van der Waals surface area contributed by atoms with Gasteiger partial charge < -0.3 is 5.11 Å². The van der Waals surface area contributed by atoms with E-state index in [1.54, 1.807) is 0 Å². The Morgan fingerprint density at radius 1 is 1.50 bits per heavy atom. The summed E-state index contributed by atoms with van der Waals surface area (Å²) in [7, 11) is 0. The largest absolute Gasteiger partial charge is 0.395 e. The Morgan fingerprint density at radius 3 is 2.94 bits per heavy atom. The van der Waals surface area contributed by atoms with E-state index >= 15 is 0 Å². The fourth-order valence-electron chi connectivity index (χ4n) is 1.49. The van der Waals surface area contributed by atoms with Gasteiger partial charge in [0.05, 0.1) is 18.7 Å². The van der Waals surface area contributed by atoms with Gasteiger partial charge in [0.15, 0.2) is 0 Å². The molecule has 0 saturated carbocycles. The van der Waals surface area contributed by atoms with Crippen molar-refractivity contribution in [3.63, 3.8) is 0 Å². The van der Waals surface area contributed by atoms with Crippen molar-refractivity contribution >= 4 is 22.5 Å². The van der Waals surface area contributed by atoms with E-state index in [0.29, 0.717) is 0 Å². The minimum Gasteiger partial charge on any atom is -0.395 e. The van der Waals surface area contributed by atoms with Gasteiger partial charge in [0, 0.05) is 0 Å². The van der Waals surface area contributed by atoms with Crippen molar-refractivity contribution in [2.45, 2.75) is 6.54 Å². The third-order valence-electron chi connectivity index (χ3n) is 2.21. The smallest absolute Gasteiger partial charge is 0.265 e. The molecular weight excluding hydrogens is 235 g/mol. The topological polar surface area (TPSA) is 55.1 Å². The number of aliphatic hydroxyl groups is 1. The van der Waals surface area contributed by atoms with Crippen molar-refractivity contribution in [2.75, 3.05) is 6.61 Å². The molecular formula is C10H8ClFN2O2. The molecule has 2 rings (SSSR count). The summed E-state index contributed by atoms with van der Waals surface area (Å²) in [5.74, 6) is -0.640. The summed E-state index contributed by atoms with van der Waals surface area (Å²) < 4.78 is 14.5. The first-order valence-electron chi connectivity index (χ1n) is 4.60. The van der Waals surface area contributed by atoms with Gasteiger partial charge in [-0.3, -0.25) is 9.36 Å². The second-order valence-electron chi connectivity index (χ2n) is 3.20. The molecule has 1 heterocycles. The van der Waals surface area contributed by atoms with Crippen LogP contribution in [0.3, 0.4) is 0 Å². The Kier molecular flexibility index (Phi) is 2.89. The molecule has 0 atom stereocenters. The van der Waals surface area contributed by atoms with Gasteiger partial charge in [0.25, 0.3) is 5.56 Å². The van der Waals surface area contributed by atoms with Gasteiger partial charge in [-0.05, 0) is 23.7 Å². The molecule has 0 spiro atoms. The molecule has 1 aromatic carbocycles. The van der Waals surface area contributed by atoms with Gasteiger partial charge >= 0.3 is 0 Å². The summed E-state index contributed by atoms with van der Waals surface area (Å²) in [4.78, 5) is 15.7. The number of halogens is 2. The summed E-state index contributed by atoms with van der Waals surface area (Å²) in [6.45, 7) is -0.268. The van der Waals surface area contributed by atoms with E-state index in [0.717, 1.165) is 4.57 Å². The molecule has 16 heavy (non-hydrogen) atoms. The minimum absolute atomic E-state index is 0.00502. The third-order valence-corrected chi connectivity index (χ3v) is 2.50. The summed E-state index contributed by atoms with van der Waals surface area (Å²) in [5, 5.41) is 8.60. The molecule has 0 aliphatic rings. The Bertz CT molecular complexity index is 597. The lowest BCUT2D eigenvalue weighted by Crippen LogP contribution is -2.24. The number of fused-ring (bicyclic) bond motifs is 1. The summed E-state index contributed by atoms with van der Waals surface area (Å²) >= 11 is 5.76. The van der Waals surface area contributed by atoms with Crippen LogP contribution in [0.4, 0.5) is 4.39 Å². The van der Waals surface area contributed by atoms with Crippen LogP contribution in [0, 0.1) is 5.82 Å². The van der Waals surface area contributed by atoms with E-state index in [1.165, 1.54) is 18.2 Å². The summed E-state index contributed by atoms with van der Waals surface area (Å²) in [6, 6.07) is 4.15. The zero-order valence-corrected chi connectivity index (χ0v) is 8.91. The lowest BCUT2D eigenvalue weighted by atomic mass is 10.2. The average molecular weight is 243 g/mol. The predicted molar refractivity (Wildman–Crippen MR) is 58.1 cm³/mol. The van der Waals surface area contributed by atoms with Gasteiger partial charge in [0.2, 0.25) is 5.28 Å². The molecule has 6 heteroatoms. The zero-order valence-electron chi connectivity index (χ0n) is 8.15. The van der Waals surface area contributed by atoms with Gasteiger partial charge in [0.1, 0.15) is 11.2 Å². The lowest BCUT2D eigenvalue weighted by Gasteiger charge is -2.07. The monoisotopic (exact) mass is 242 g/mol. The number of aliphatic hydroxyl groups excluding tert-OH is 1. The van der Waals surface area contributed by atoms with Crippen LogP contribution in [-0.2, 0) is 6.54 Å². The van der Waals surface area contributed by atoms with Crippen LogP contribution < -0.4 is 5.56 Å². The highest BCUT2D eigenvalue weighted by Gasteiger charge is 2.12. The highest BCUT2D eigenvalue weighted by atomic mass is 35.5. The lowest BCUT2D eigenvalue weighted by molar-refractivity contribution is 0.274. The van der Waals surface area contributed by atoms with Gasteiger partial charge in [-0.15, -0.1) is 0 Å². The Balaban J connectivity index is 2.86. The minimum atomic E-state index is -0.640. The maximum absolute atomic E-state index is 13.4. The van der Waals surface area contributed by atoms with Crippen LogP contribution in [0.25, 0.3) is 10.9 Å². The summed E-state index contributed by atoms with van der Waals surface area (Å²) in [6.07, 6.45) is 0. The molecule has 1 aromatic heterocycles. The van der Waals surface area contributed by atoms with Crippen molar-refractivity contribution in [1.82, 2.24) is 9.55 Å². The van der Waals surface area contributed by atoms with Gasteiger partial charge in [-0.1, -0.05) is 6.07 Å². The van der Waals surface area contributed by atoms with Gasteiger partial charge in [-0.25, -0.2) is 9.37 Å². The second-order valence-corrected chi connectivity index (χ2v) is 3.53. The molecule has 84 valence electrons. The third kappa shape index (κ3) is 1.68. The normalized spacial score (nSPS) is 10.9. The van der Waals surface area contributed by atoms with Crippen molar-refractivity contribution in [3.8, 4) is 0 Å². The van der Waals surface area contributed by atoms with Crippen molar-refractivity contribution in [2.24, 2.45) is 0 Å².